The number of phenols is 1. The largest absolute Gasteiger partial charge is 0.508 e. The summed E-state index contributed by atoms with van der Waals surface area (Å²) in [6.07, 6.45) is 0. The highest BCUT2D eigenvalue weighted by Crippen LogP contribution is 2.16. The van der Waals surface area contributed by atoms with Gasteiger partial charge in [-0.25, -0.2) is 4.79 Å². The fourth-order valence-electron chi connectivity index (χ4n) is 1.68. The minimum atomic E-state index is -0.583. The summed E-state index contributed by atoms with van der Waals surface area (Å²) in [5.41, 5.74) is 7.57. The molecular weight excluding hydrogens is 242 g/mol. The normalized spacial score (nSPS) is 9.89. The third-order valence-corrected chi connectivity index (χ3v) is 2.56. The van der Waals surface area contributed by atoms with E-state index in [0.717, 1.165) is 11.3 Å². The predicted octanol–water partition coefficient (Wildman–Crippen LogP) is 2.49. The number of anilines is 2. The minimum absolute atomic E-state index is 0.250. The molecule has 0 saturated heterocycles. The second kappa shape index (κ2) is 5.77. The van der Waals surface area contributed by atoms with Crippen LogP contribution in [0.1, 0.15) is 5.56 Å². The number of hydrogen-bond acceptors (Lipinski definition) is 3. The van der Waals surface area contributed by atoms with Crippen LogP contribution in [-0.4, -0.2) is 11.1 Å². The number of benzene rings is 2. The Morgan fingerprint density at radius 1 is 1.11 bits per heavy atom. The van der Waals surface area contributed by atoms with Crippen molar-refractivity contribution in [3.8, 4) is 5.75 Å². The Morgan fingerprint density at radius 2 is 1.79 bits per heavy atom. The molecule has 0 heterocycles. The number of carbonyl (C=O) groups excluding carboxylic acids is 1. The van der Waals surface area contributed by atoms with E-state index in [4.69, 9.17) is 5.73 Å². The molecule has 0 spiro atoms. The first kappa shape index (κ1) is 12.8. The third kappa shape index (κ3) is 3.92. The molecule has 0 aliphatic rings. The van der Waals surface area contributed by atoms with Crippen LogP contribution in [0.4, 0.5) is 16.2 Å². The molecule has 2 rings (SSSR count). The van der Waals surface area contributed by atoms with Crippen LogP contribution in [-0.2, 0) is 6.54 Å². The molecule has 0 aromatic heterocycles. The second-order valence-corrected chi connectivity index (χ2v) is 4.09. The molecular formula is C14H15N3O2. The van der Waals surface area contributed by atoms with Gasteiger partial charge in [-0.05, 0) is 42.0 Å². The molecule has 5 heteroatoms. The smallest absolute Gasteiger partial charge is 0.316 e. The standard InChI is InChI=1S/C14H15N3O2/c15-14(19)17-12-6-4-11(5-7-12)16-9-10-2-1-3-13(18)8-10/h1-8,16,18H,9H2,(H3,15,17,19). The minimum Gasteiger partial charge on any atom is -0.508 e. The van der Waals surface area contributed by atoms with E-state index in [2.05, 4.69) is 10.6 Å². The maximum atomic E-state index is 10.7. The van der Waals surface area contributed by atoms with E-state index in [1.807, 2.05) is 18.2 Å². The first-order valence-electron chi connectivity index (χ1n) is 5.82. The number of phenolic OH excluding ortho intramolecular Hbond substituents is 1. The molecule has 19 heavy (non-hydrogen) atoms. The molecule has 0 unspecified atom stereocenters. The Balaban J connectivity index is 1.94. The number of hydrogen-bond donors (Lipinski definition) is 4. The summed E-state index contributed by atoms with van der Waals surface area (Å²) in [5.74, 6) is 0.250. The molecule has 0 fully saturated rings. The molecule has 0 radical (unpaired) electrons. The number of rotatable bonds is 4. The summed E-state index contributed by atoms with van der Waals surface area (Å²) in [7, 11) is 0. The van der Waals surface area contributed by atoms with E-state index in [9.17, 15) is 9.90 Å². The van der Waals surface area contributed by atoms with Gasteiger partial charge in [0.2, 0.25) is 0 Å². The van der Waals surface area contributed by atoms with Crippen LogP contribution >= 0.6 is 0 Å². The zero-order valence-electron chi connectivity index (χ0n) is 10.3. The summed E-state index contributed by atoms with van der Waals surface area (Å²) >= 11 is 0. The van der Waals surface area contributed by atoms with Gasteiger partial charge < -0.3 is 21.5 Å². The van der Waals surface area contributed by atoms with Gasteiger partial charge in [0.25, 0.3) is 0 Å². The van der Waals surface area contributed by atoms with Crippen molar-refractivity contribution in [2.45, 2.75) is 6.54 Å². The highest BCUT2D eigenvalue weighted by Gasteiger charge is 1.98. The Labute approximate surface area is 111 Å². The summed E-state index contributed by atoms with van der Waals surface area (Å²) in [6.45, 7) is 0.608. The van der Waals surface area contributed by atoms with Crippen molar-refractivity contribution in [3.63, 3.8) is 0 Å². The first-order chi connectivity index (χ1) is 9.13. The molecule has 5 N–H and O–H groups in total. The summed E-state index contributed by atoms with van der Waals surface area (Å²) in [4.78, 5) is 10.7. The zero-order chi connectivity index (χ0) is 13.7. The average molecular weight is 257 g/mol. The van der Waals surface area contributed by atoms with Crippen molar-refractivity contribution in [2.75, 3.05) is 10.6 Å². The Hall–Kier alpha value is -2.69. The van der Waals surface area contributed by atoms with Crippen LogP contribution in [0.3, 0.4) is 0 Å². The van der Waals surface area contributed by atoms with Gasteiger partial charge in [-0.15, -0.1) is 0 Å². The number of nitrogens with two attached hydrogens (primary N) is 1. The molecule has 5 nitrogen and oxygen atoms in total. The lowest BCUT2D eigenvalue weighted by molar-refractivity contribution is 0.259. The molecule has 2 amide bonds. The average Bonchev–Trinajstić information content (AvgIpc) is 2.37. The van der Waals surface area contributed by atoms with Crippen molar-refractivity contribution >= 4 is 17.4 Å². The molecule has 2 aromatic rings. The fraction of sp³-hybridized carbons (Fsp3) is 0.0714. The van der Waals surface area contributed by atoms with Crippen LogP contribution in [0.5, 0.6) is 5.75 Å². The number of amides is 2. The van der Waals surface area contributed by atoms with Gasteiger partial charge in [0.05, 0.1) is 0 Å². The Bertz CT molecular complexity index is 567. The van der Waals surface area contributed by atoms with Crippen molar-refractivity contribution in [3.05, 3.63) is 54.1 Å². The van der Waals surface area contributed by atoms with Gasteiger partial charge in [0.15, 0.2) is 0 Å². The summed E-state index contributed by atoms with van der Waals surface area (Å²) in [5, 5.41) is 15.1. The molecule has 98 valence electrons. The molecule has 0 bridgehead atoms. The number of carbonyl (C=O) groups is 1. The fourth-order valence-corrected chi connectivity index (χ4v) is 1.68. The number of aromatic hydroxyl groups is 1. The maximum absolute atomic E-state index is 10.7. The molecule has 2 aromatic carbocycles. The molecule has 0 aliphatic carbocycles. The van der Waals surface area contributed by atoms with Crippen molar-refractivity contribution < 1.29 is 9.90 Å². The number of nitrogens with one attached hydrogen (secondary N) is 2. The number of urea groups is 1. The third-order valence-electron chi connectivity index (χ3n) is 2.56. The van der Waals surface area contributed by atoms with Crippen molar-refractivity contribution in [1.29, 1.82) is 0 Å². The van der Waals surface area contributed by atoms with Crippen LogP contribution in [0.2, 0.25) is 0 Å². The highest BCUT2D eigenvalue weighted by atomic mass is 16.3. The monoisotopic (exact) mass is 257 g/mol. The van der Waals surface area contributed by atoms with Crippen LogP contribution in [0.25, 0.3) is 0 Å². The molecule has 0 atom stereocenters. The van der Waals surface area contributed by atoms with Crippen molar-refractivity contribution in [1.82, 2.24) is 0 Å². The zero-order valence-corrected chi connectivity index (χ0v) is 10.3. The topological polar surface area (TPSA) is 87.4 Å². The van der Waals surface area contributed by atoms with E-state index in [1.54, 1.807) is 30.3 Å². The van der Waals surface area contributed by atoms with Gasteiger partial charge in [-0.3, -0.25) is 0 Å². The van der Waals surface area contributed by atoms with Crippen molar-refractivity contribution in [2.24, 2.45) is 5.73 Å². The highest BCUT2D eigenvalue weighted by molar-refractivity contribution is 5.87. The number of primary amides is 1. The first-order valence-corrected chi connectivity index (χ1v) is 5.82. The van der Waals surface area contributed by atoms with Crippen LogP contribution in [0, 0.1) is 0 Å². The van der Waals surface area contributed by atoms with E-state index in [0.29, 0.717) is 12.2 Å². The molecule has 0 aliphatic heterocycles. The molecule has 0 saturated carbocycles. The lowest BCUT2D eigenvalue weighted by Crippen LogP contribution is -2.19. The maximum Gasteiger partial charge on any atom is 0.316 e. The van der Waals surface area contributed by atoms with Crippen LogP contribution in [0.15, 0.2) is 48.5 Å². The lowest BCUT2D eigenvalue weighted by Gasteiger charge is -2.08. The van der Waals surface area contributed by atoms with Gasteiger partial charge >= 0.3 is 6.03 Å². The quantitative estimate of drug-likeness (QED) is 0.678. The van der Waals surface area contributed by atoms with Gasteiger partial charge in [0, 0.05) is 17.9 Å². The van der Waals surface area contributed by atoms with Gasteiger partial charge in [-0.1, -0.05) is 12.1 Å². The lowest BCUT2D eigenvalue weighted by atomic mass is 10.2. The van der Waals surface area contributed by atoms with Crippen LogP contribution < -0.4 is 16.4 Å². The van der Waals surface area contributed by atoms with E-state index >= 15 is 0 Å². The predicted molar refractivity (Wildman–Crippen MR) is 75.1 cm³/mol. The summed E-state index contributed by atoms with van der Waals surface area (Å²) in [6, 6.07) is 13.7. The van der Waals surface area contributed by atoms with Gasteiger partial charge in [-0.2, -0.15) is 0 Å². The van der Waals surface area contributed by atoms with E-state index in [1.165, 1.54) is 0 Å². The van der Waals surface area contributed by atoms with E-state index < -0.39 is 6.03 Å². The summed E-state index contributed by atoms with van der Waals surface area (Å²) < 4.78 is 0. The second-order valence-electron chi connectivity index (χ2n) is 4.09. The Kier molecular flexibility index (Phi) is 3.87. The van der Waals surface area contributed by atoms with E-state index in [-0.39, 0.29) is 5.75 Å². The Morgan fingerprint density at radius 3 is 2.42 bits per heavy atom. The van der Waals surface area contributed by atoms with Gasteiger partial charge in [0.1, 0.15) is 5.75 Å². The SMILES string of the molecule is NC(=O)Nc1ccc(NCc2cccc(O)c2)cc1.